The van der Waals surface area contributed by atoms with Gasteiger partial charge in [0, 0.05) is 11.1 Å². The van der Waals surface area contributed by atoms with Gasteiger partial charge in [0.15, 0.2) is 5.92 Å². The minimum atomic E-state index is -1.29. The molecule has 0 saturated carbocycles. The second kappa shape index (κ2) is 9.04. The molecule has 2 aliphatic rings. The van der Waals surface area contributed by atoms with Crippen molar-refractivity contribution in [2.75, 3.05) is 11.5 Å². The average Bonchev–Trinajstić information content (AvgIpc) is 3.13. The number of urea groups is 1. The third kappa shape index (κ3) is 3.95. The van der Waals surface area contributed by atoms with Crippen molar-refractivity contribution in [2.24, 2.45) is 10.9 Å². The molecule has 9 heteroatoms. The maximum Gasteiger partial charge on any atom is 0.341 e. The minimum Gasteiger partial charge on any atom is -0.462 e. The average molecular weight is 454 g/mol. The molecule has 1 saturated heterocycles. The van der Waals surface area contributed by atoms with Crippen LogP contribution in [0, 0.1) is 12.8 Å². The number of para-hydroxylation sites is 1. The Morgan fingerprint density at radius 1 is 1.25 bits per heavy atom. The number of hydrogen-bond acceptors (Lipinski definition) is 7. The van der Waals surface area contributed by atoms with E-state index in [1.807, 2.05) is 0 Å². The highest BCUT2D eigenvalue weighted by atomic mass is 32.1. The van der Waals surface area contributed by atoms with Gasteiger partial charge in [0.05, 0.1) is 17.9 Å². The fraction of sp³-hybridized carbons (Fsp3) is 0.348. The molecule has 4 rings (SSSR count). The molecule has 0 spiro atoms. The van der Waals surface area contributed by atoms with Crippen LogP contribution in [0.4, 0.5) is 15.5 Å². The topological polar surface area (TPSA) is 105 Å². The lowest BCUT2D eigenvalue weighted by atomic mass is 9.95. The highest BCUT2D eigenvalue weighted by Gasteiger charge is 2.41. The van der Waals surface area contributed by atoms with Crippen LogP contribution in [0.2, 0.25) is 0 Å². The molecular weight excluding hydrogens is 430 g/mol. The van der Waals surface area contributed by atoms with E-state index in [4.69, 9.17) is 4.74 Å². The molecule has 4 amide bonds. The van der Waals surface area contributed by atoms with Crippen LogP contribution in [0.25, 0.3) is 0 Å². The van der Waals surface area contributed by atoms with Gasteiger partial charge in [-0.2, -0.15) is 0 Å². The zero-order valence-electron chi connectivity index (χ0n) is 17.8. The van der Waals surface area contributed by atoms with Gasteiger partial charge < -0.3 is 4.74 Å². The predicted octanol–water partition coefficient (Wildman–Crippen LogP) is 3.71. The summed E-state index contributed by atoms with van der Waals surface area (Å²) in [6.45, 7) is 3.75. The minimum absolute atomic E-state index is 0.240. The molecule has 1 aromatic carbocycles. The van der Waals surface area contributed by atoms with Crippen LogP contribution in [0.15, 0.2) is 29.3 Å². The Balaban J connectivity index is 1.68. The van der Waals surface area contributed by atoms with Crippen molar-refractivity contribution in [3.8, 4) is 0 Å². The van der Waals surface area contributed by atoms with E-state index < -0.39 is 29.7 Å². The van der Waals surface area contributed by atoms with Crippen LogP contribution in [-0.4, -0.2) is 36.6 Å². The molecule has 1 aliphatic carbocycles. The van der Waals surface area contributed by atoms with E-state index >= 15 is 0 Å². The normalized spacial score (nSPS) is 18.6. The Hall–Kier alpha value is -3.33. The number of nitrogens with one attached hydrogen (secondary N) is 1. The molecule has 1 atom stereocenters. The number of ether oxygens (including phenoxy) is 1. The van der Waals surface area contributed by atoms with Gasteiger partial charge in [-0.3, -0.25) is 14.9 Å². The lowest BCUT2D eigenvalue weighted by molar-refractivity contribution is -0.131. The first-order chi connectivity index (χ1) is 15.4. The van der Waals surface area contributed by atoms with Crippen LogP contribution < -0.4 is 10.2 Å². The Morgan fingerprint density at radius 3 is 2.75 bits per heavy atom. The molecule has 1 aliphatic heterocycles. The van der Waals surface area contributed by atoms with Crippen molar-refractivity contribution in [3.05, 3.63) is 45.8 Å². The standard InChI is InChI=1S/C23H23N3O5S/c1-3-31-22(29)18-14-9-5-7-11-17(14)32-20(18)24-12-15-19(27)25-23(30)26(21(15)28)16-10-6-4-8-13(16)2/h4,6,8,10,12,15H,3,5,7,9,11H2,1-2H3,(H,25,27,30)/t15-/m1/s1. The molecule has 32 heavy (non-hydrogen) atoms. The molecule has 0 bridgehead atoms. The number of amides is 4. The largest absolute Gasteiger partial charge is 0.462 e. The van der Waals surface area contributed by atoms with Gasteiger partial charge in [0.1, 0.15) is 5.00 Å². The van der Waals surface area contributed by atoms with Crippen LogP contribution in [0.5, 0.6) is 0 Å². The Bertz CT molecular complexity index is 1140. The van der Waals surface area contributed by atoms with E-state index in [1.165, 1.54) is 17.6 Å². The number of thiophene rings is 1. The number of imide groups is 2. The Morgan fingerprint density at radius 2 is 2.00 bits per heavy atom. The summed E-state index contributed by atoms with van der Waals surface area (Å²) in [4.78, 5) is 57.0. The van der Waals surface area contributed by atoms with Gasteiger partial charge in [-0.25, -0.2) is 19.5 Å². The zero-order chi connectivity index (χ0) is 22.8. The third-order valence-electron chi connectivity index (χ3n) is 5.53. The molecule has 0 radical (unpaired) electrons. The first kappa shape index (κ1) is 21.9. The maximum absolute atomic E-state index is 13.1. The Kier molecular flexibility index (Phi) is 6.18. The molecule has 2 aromatic rings. The quantitative estimate of drug-likeness (QED) is 0.422. The zero-order valence-corrected chi connectivity index (χ0v) is 18.7. The third-order valence-corrected chi connectivity index (χ3v) is 6.73. The number of benzene rings is 1. The predicted molar refractivity (Wildman–Crippen MR) is 121 cm³/mol. The Labute approximate surface area is 189 Å². The highest BCUT2D eigenvalue weighted by Crippen LogP contribution is 2.40. The molecule has 1 fully saturated rings. The van der Waals surface area contributed by atoms with Crippen LogP contribution in [0.1, 0.15) is 46.1 Å². The summed E-state index contributed by atoms with van der Waals surface area (Å²) in [6.07, 6.45) is 4.87. The van der Waals surface area contributed by atoms with E-state index in [9.17, 15) is 19.2 Å². The van der Waals surface area contributed by atoms with Crippen molar-refractivity contribution in [2.45, 2.75) is 39.5 Å². The summed E-state index contributed by atoms with van der Waals surface area (Å²) < 4.78 is 5.22. The molecule has 2 heterocycles. The van der Waals surface area contributed by atoms with Gasteiger partial charge in [-0.05, 0) is 56.7 Å². The first-order valence-electron chi connectivity index (χ1n) is 10.5. The molecule has 8 nitrogen and oxygen atoms in total. The van der Waals surface area contributed by atoms with Gasteiger partial charge in [-0.15, -0.1) is 11.3 Å². The summed E-state index contributed by atoms with van der Waals surface area (Å²) >= 11 is 1.39. The number of aliphatic imine (C=N–C) groups is 1. The van der Waals surface area contributed by atoms with Gasteiger partial charge in [-0.1, -0.05) is 18.2 Å². The highest BCUT2D eigenvalue weighted by molar-refractivity contribution is 7.16. The molecule has 0 unspecified atom stereocenters. The molecule has 1 aromatic heterocycles. The molecule has 166 valence electrons. The molecular formula is C23H23N3O5S. The van der Waals surface area contributed by atoms with Gasteiger partial charge in [0.25, 0.3) is 5.91 Å². The van der Waals surface area contributed by atoms with Gasteiger partial charge in [0.2, 0.25) is 5.91 Å². The number of barbiturate groups is 1. The summed E-state index contributed by atoms with van der Waals surface area (Å²) in [5.41, 5.74) is 2.48. The van der Waals surface area contributed by atoms with E-state index in [2.05, 4.69) is 10.3 Å². The lowest BCUT2D eigenvalue weighted by Gasteiger charge is -2.29. The van der Waals surface area contributed by atoms with Crippen LogP contribution in [-0.2, 0) is 27.2 Å². The number of rotatable bonds is 5. The first-order valence-corrected chi connectivity index (χ1v) is 11.3. The number of hydrogen-bond donors (Lipinski definition) is 1. The van der Waals surface area contributed by atoms with E-state index in [0.29, 0.717) is 16.3 Å². The second-order valence-corrected chi connectivity index (χ2v) is 8.71. The van der Waals surface area contributed by atoms with Crippen molar-refractivity contribution >= 4 is 52.1 Å². The fourth-order valence-corrected chi connectivity index (χ4v) is 5.19. The van der Waals surface area contributed by atoms with Crippen LogP contribution in [0.3, 0.4) is 0 Å². The second-order valence-electron chi connectivity index (χ2n) is 7.62. The maximum atomic E-state index is 13.1. The van der Waals surface area contributed by atoms with Crippen molar-refractivity contribution < 1.29 is 23.9 Å². The lowest BCUT2D eigenvalue weighted by Crippen LogP contribution is -2.58. The summed E-state index contributed by atoms with van der Waals surface area (Å²) in [6, 6.07) is 6.13. The summed E-state index contributed by atoms with van der Waals surface area (Å²) in [5, 5.41) is 2.65. The fourth-order valence-electron chi connectivity index (χ4n) is 3.96. The van der Waals surface area contributed by atoms with E-state index in [-0.39, 0.29) is 6.61 Å². The smallest absolute Gasteiger partial charge is 0.341 e. The number of nitrogens with zero attached hydrogens (tertiary/aromatic N) is 2. The number of anilines is 1. The summed E-state index contributed by atoms with van der Waals surface area (Å²) in [7, 11) is 0. The molecule has 1 N–H and O–H groups in total. The monoisotopic (exact) mass is 453 g/mol. The number of fused-ring (bicyclic) bond motifs is 1. The summed E-state index contributed by atoms with van der Waals surface area (Å²) in [5.74, 6) is -3.17. The van der Waals surface area contributed by atoms with E-state index in [0.717, 1.165) is 46.6 Å². The van der Waals surface area contributed by atoms with Crippen molar-refractivity contribution in [1.82, 2.24) is 5.32 Å². The number of aryl methyl sites for hydroxylation is 2. The van der Waals surface area contributed by atoms with Crippen LogP contribution >= 0.6 is 11.3 Å². The SMILES string of the molecule is CCOC(=O)c1c(N=C[C@@H]2C(=O)NC(=O)N(c3ccccc3C)C2=O)sc2c1CCCC2. The van der Waals surface area contributed by atoms with Crippen molar-refractivity contribution in [3.63, 3.8) is 0 Å². The number of carbonyl (C=O) groups is 4. The number of carbonyl (C=O) groups excluding carboxylic acids is 4. The van der Waals surface area contributed by atoms with Crippen molar-refractivity contribution in [1.29, 1.82) is 0 Å². The number of esters is 1. The van der Waals surface area contributed by atoms with E-state index in [1.54, 1.807) is 38.1 Å². The van der Waals surface area contributed by atoms with Gasteiger partial charge >= 0.3 is 12.0 Å².